The summed E-state index contributed by atoms with van der Waals surface area (Å²) >= 11 is 6.82. The van der Waals surface area contributed by atoms with Gasteiger partial charge < -0.3 is 33.8 Å². The molecule has 0 spiro atoms. The normalized spacial score (nSPS) is 15.9. The van der Waals surface area contributed by atoms with Crippen molar-refractivity contribution in [3.63, 3.8) is 0 Å². The molecule has 0 unspecified atom stereocenters. The van der Waals surface area contributed by atoms with Crippen LogP contribution in [0.5, 0.6) is 5.88 Å². The Hall–Kier alpha value is -3.90. The zero-order chi connectivity index (χ0) is 32.1. The van der Waals surface area contributed by atoms with Gasteiger partial charge in [-0.25, -0.2) is 14.9 Å². The number of methoxy groups -OCH3 is 1. The number of rotatable bonds is 6. The number of aliphatic hydroxyl groups excluding tert-OH is 1. The Morgan fingerprint density at radius 2 is 1.87 bits per heavy atom. The van der Waals surface area contributed by atoms with Crippen molar-refractivity contribution in [2.45, 2.75) is 32.0 Å². The molecule has 4 heterocycles. The summed E-state index contributed by atoms with van der Waals surface area (Å²) in [6, 6.07) is 19.0. The zero-order valence-electron chi connectivity index (χ0n) is 25.8. The number of ether oxygens (including phenoxy) is 2. The van der Waals surface area contributed by atoms with Crippen molar-refractivity contribution in [1.82, 2.24) is 29.6 Å². The van der Waals surface area contributed by atoms with Crippen LogP contribution in [-0.4, -0.2) is 61.9 Å². The first kappa shape index (κ1) is 35.0. The fourth-order valence-electron chi connectivity index (χ4n) is 5.16. The molecule has 46 heavy (non-hydrogen) atoms. The van der Waals surface area contributed by atoms with Crippen LogP contribution < -0.4 is 21.3 Å². The van der Waals surface area contributed by atoms with Crippen LogP contribution in [0.15, 0.2) is 64.3 Å². The first-order valence-electron chi connectivity index (χ1n) is 14.3. The van der Waals surface area contributed by atoms with Crippen molar-refractivity contribution >= 4 is 22.5 Å². The van der Waals surface area contributed by atoms with E-state index in [0.29, 0.717) is 36.2 Å². The summed E-state index contributed by atoms with van der Waals surface area (Å²) in [6.45, 7) is 3.58. The molecule has 0 bridgehead atoms. The molecular formula is C33H33ClMnN6O5. The first-order valence-corrected chi connectivity index (χ1v) is 14.7. The standard InChI is InChI=1S/C25H26ClN2O3.C8H7N4O2.Mn/c1-16-6-3-4-7-18(16)19-8-5-9-20(24(19)26)21-11-10-17(25(28-21)30-2)14-27-22-12-13-31-15-23(22)29;1-11-6-4-10-9-3-5(6)7(13)12(2)8(11)14;/h3-5,7-11,22-23,27,29H,12-15H2,1-2H3;4H,1-2H3;/q2*-1;+2/t22-,23-;;/m0../s1. The summed E-state index contributed by atoms with van der Waals surface area (Å²) in [7, 11) is 4.60. The smallest absolute Gasteiger partial charge is 0.481 e. The van der Waals surface area contributed by atoms with Crippen molar-refractivity contribution in [3.05, 3.63) is 104 Å². The molecule has 5 aromatic rings. The van der Waals surface area contributed by atoms with E-state index in [2.05, 4.69) is 27.8 Å². The summed E-state index contributed by atoms with van der Waals surface area (Å²) in [4.78, 5) is 27.7. The number of aromatic nitrogens is 5. The second kappa shape index (κ2) is 15.6. The number of nitrogens with zero attached hydrogens (tertiary/aromatic N) is 5. The van der Waals surface area contributed by atoms with Crippen LogP contribution in [0.1, 0.15) is 17.5 Å². The molecule has 11 nitrogen and oxygen atoms in total. The molecule has 1 aliphatic heterocycles. The summed E-state index contributed by atoms with van der Waals surface area (Å²) in [6.07, 6.45) is 4.11. The molecule has 1 radical (unpaired) electrons. The maximum absolute atomic E-state index is 11.6. The Labute approximate surface area is 281 Å². The second-order valence-corrected chi connectivity index (χ2v) is 11.0. The van der Waals surface area contributed by atoms with E-state index >= 15 is 0 Å². The number of pyridine rings is 1. The Kier molecular flexibility index (Phi) is 11.9. The SMILES string of the molecule is COc1nc(-c2cccc(-c3ccc[c-]c3C)c2Cl)ccc1CN[C@H]1CCOC[C@@H]1O.Cn1c(=O)c2[c-]nncc2n(C)c1=O.[Mn+2]. The van der Waals surface area contributed by atoms with Crippen LogP contribution >= 0.6 is 11.6 Å². The number of benzene rings is 2. The van der Waals surface area contributed by atoms with Crippen LogP contribution in [0.25, 0.3) is 33.3 Å². The van der Waals surface area contributed by atoms with E-state index in [1.54, 1.807) is 14.2 Å². The molecule has 1 aliphatic rings. The molecule has 0 saturated carbocycles. The van der Waals surface area contributed by atoms with Gasteiger partial charge in [-0.15, -0.1) is 5.56 Å². The quantitative estimate of drug-likeness (QED) is 0.204. The predicted octanol–water partition coefficient (Wildman–Crippen LogP) is 3.25. The molecule has 2 atom stereocenters. The average Bonchev–Trinajstić information content (AvgIpc) is 3.07. The number of nitrogens with one attached hydrogen (secondary N) is 1. The molecular weight excluding hydrogens is 651 g/mol. The molecule has 239 valence electrons. The average molecular weight is 684 g/mol. The third-order valence-electron chi connectivity index (χ3n) is 7.75. The van der Waals surface area contributed by atoms with Crippen molar-refractivity contribution in [1.29, 1.82) is 0 Å². The third-order valence-corrected chi connectivity index (χ3v) is 8.16. The number of hydrogen-bond acceptors (Lipinski definition) is 9. The zero-order valence-corrected chi connectivity index (χ0v) is 27.7. The molecule has 1 saturated heterocycles. The molecule has 1 fully saturated rings. The van der Waals surface area contributed by atoms with Crippen LogP contribution in [0.2, 0.25) is 5.02 Å². The van der Waals surface area contributed by atoms with Crippen LogP contribution in [0.3, 0.4) is 0 Å². The molecule has 3 aromatic heterocycles. The number of hydrogen-bond donors (Lipinski definition) is 2. The first-order chi connectivity index (χ1) is 21.7. The predicted molar refractivity (Wildman–Crippen MR) is 171 cm³/mol. The summed E-state index contributed by atoms with van der Waals surface area (Å²) in [5.74, 6) is 0.539. The molecule has 6 rings (SSSR count). The van der Waals surface area contributed by atoms with E-state index in [9.17, 15) is 14.7 Å². The Balaban J connectivity index is 0.000000268. The van der Waals surface area contributed by atoms with E-state index < -0.39 is 11.7 Å². The van der Waals surface area contributed by atoms with Crippen molar-refractivity contribution < 1.29 is 31.6 Å². The van der Waals surface area contributed by atoms with Crippen molar-refractivity contribution in [2.75, 3.05) is 20.3 Å². The van der Waals surface area contributed by atoms with Crippen molar-refractivity contribution in [3.8, 4) is 28.3 Å². The van der Waals surface area contributed by atoms with Crippen LogP contribution in [0, 0.1) is 19.2 Å². The molecule has 2 N–H and O–H groups in total. The largest absolute Gasteiger partial charge is 2.00 e. The summed E-state index contributed by atoms with van der Waals surface area (Å²) in [5.41, 5.74) is 5.21. The van der Waals surface area contributed by atoms with Gasteiger partial charge >= 0.3 is 22.8 Å². The van der Waals surface area contributed by atoms with Gasteiger partial charge in [0.15, 0.2) is 0 Å². The van der Waals surface area contributed by atoms with Crippen molar-refractivity contribution in [2.24, 2.45) is 14.1 Å². The fraction of sp³-hybridized carbons (Fsp3) is 0.303. The van der Waals surface area contributed by atoms with E-state index in [1.807, 2.05) is 55.5 Å². The van der Waals surface area contributed by atoms with Gasteiger partial charge in [0.1, 0.15) is 5.56 Å². The maximum Gasteiger partial charge on any atom is 2.00 e. The molecule has 2 aromatic carbocycles. The summed E-state index contributed by atoms with van der Waals surface area (Å²) < 4.78 is 13.2. The number of aryl methyl sites for hydroxylation is 2. The molecule has 13 heteroatoms. The Morgan fingerprint density at radius 1 is 1.11 bits per heavy atom. The van der Waals surface area contributed by atoms with Gasteiger partial charge in [-0.3, -0.25) is 0 Å². The van der Waals surface area contributed by atoms with E-state index in [0.717, 1.165) is 44.5 Å². The second-order valence-electron chi connectivity index (χ2n) is 10.6. The maximum atomic E-state index is 11.6. The van der Waals surface area contributed by atoms with Crippen LogP contribution in [0.4, 0.5) is 0 Å². The number of halogens is 1. The van der Waals surface area contributed by atoms with Gasteiger partial charge in [-0.05, 0) is 24.2 Å². The number of fused-ring (bicyclic) bond motifs is 1. The topological polar surface area (TPSA) is 133 Å². The van der Waals surface area contributed by atoms with E-state index in [4.69, 9.17) is 26.1 Å². The minimum atomic E-state index is -0.507. The molecule has 0 amide bonds. The fourth-order valence-corrected chi connectivity index (χ4v) is 5.49. The summed E-state index contributed by atoms with van der Waals surface area (Å²) in [5, 5.41) is 21.4. The van der Waals surface area contributed by atoms with Gasteiger partial charge in [-0.1, -0.05) is 53.7 Å². The Bertz CT molecular complexity index is 1950. The third kappa shape index (κ3) is 7.39. The number of aliphatic hydroxyl groups is 1. The monoisotopic (exact) mass is 683 g/mol. The van der Waals surface area contributed by atoms with E-state index in [1.165, 1.54) is 17.8 Å². The minimum absolute atomic E-state index is 0. The van der Waals surface area contributed by atoms with Gasteiger partial charge in [0, 0.05) is 55.6 Å². The van der Waals surface area contributed by atoms with Crippen LogP contribution in [-0.2, 0) is 42.4 Å². The van der Waals surface area contributed by atoms with Gasteiger partial charge in [0.05, 0.1) is 25.5 Å². The minimum Gasteiger partial charge on any atom is -0.481 e. The molecule has 0 aliphatic carbocycles. The van der Waals surface area contributed by atoms with E-state index in [-0.39, 0.29) is 34.2 Å². The van der Waals surface area contributed by atoms with Gasteiger partial charge in [0.25, 0.3) is 0 Å². The Morgan fingerprint density at radius 3 is 2.61 bits per heavy atom. The van der Waals surface area contributed by atoms with Gasteiger partial charge in [-0.2, -0.15) is 34.9 Å². The van der Waals surface area contributed by atoms with Gasteiger partial charge in [0.2, 0.25) is 5.88 Å².